The van der Waals surface area contributed by atoms with Crippen LogP contribution in [-0.4, -0.2) is 30.2 Å². The number of aromatic nitrogens is 1. The van der Waals surface area contributed by atoms with Gasteiger partial charge in [-0.25, -0.2) is 4.79 Å². The number of carbonyl (C=O) groups is 2. The number of methoxy groups -OCH3 is 1. The van der Waals surface area contributed by atoms with Gasteiger partial charge in [0.1, 0.15) is 0 Å². The van der Waals surface area contributed by atoms with Gasteiger partial charge in [-0.2, -0.15) is 0 Å². The lowest BCUT2D eigenvalue weighted by molar-refractivity contribution is -0.140. The van der Waals surface area contributed by atoms with E-state index in [2.05, 4.69) is 0 Å². The first kappa shape index (κ1) is 18.8. The maximum Gasteiger partial charge on any atom is 0.330 e. The molecule has 0 atom stereocenters. The van der Waals surface area contributed by atoms with Crippen molar-refractivity contribution in [3.05, 3.63) is 41.6 Å². The molecular formula is C20H25NO4. The maximum absolute atomic E-state index is 11.9. The first-order valence-corrected chi connectivity index (χ1v) is 8.42. The SMILES string of the molecule is COC(=O)CCc1c(/C=C/C(=O)OCC(C)C)n(C)c2ccccc12. The molecule has 5 heteroatoms. The van der Waals surface area contributed by atoms with Gasteiger partial charge in [0.2, 0.25) is 0 Å². The van der Waals surface area contributed by atoms with Crippen LogP contribution < -0.4 is 0 Å². The lowest BCUT2D eigenvalue weighted by Gasteiger charge is -2.05. The highest BCUT2D eigenvalue weighted by atomic mass is 16.5. The zero-order chi connectivity index (χ0) is 18.4. The van der Waals surface area contributed by atoms with Crippen LogP contribution in [-0.2, 0) is 32.5 Å². The van der Waals surface area contributed by atoms with Crippen molar-refractivity contribution in [3.63, 3.8) is 0 Å². The number of nitrogens with zero attached hydrogens (tertiary/aromatic N) is 1. The van der Waals surface area contributed by atoms with E-state index in [0.717, 1.165) is 22.2 Å². The summed E-state index contributed by atoms with van der Waals surface area (Å²) >= 11 is 0. The number of rotatable bonds is 7. The lowest BCUT2D eigenvalue weighted by Crippen LogP contribution is -2.07. The standard InChI is InChI=1S/C20H25NO4/c1-14(2)13-25-20(23)12-10-18-16(9-11-19(22)24-4)15-7-5-6-8-17(15)21(18)3/h5-8,10,12,14H,9,11,13H2,1-4H3/b12-10+. The largest absolute Gasteiger partial charge is 0.469 e. The number of esters is 2. The van der Waals surface area contributed by atoms with Crippen LogP contribution in [0.1, 0.15) is 31.5 Å². The Balaban J connectivity index is 2.32. The van der Waals surface area contributed by atoms with Crippen molar-refractivity contribution in [3.8, 4) is 0 Å². The predicted molar refractivity (Wildman–Crippen MR) is 98.1 cm³/mol. The van der Waals surface area contributed by atoms with Crippen LogP contribution in [0.25, 0.3) is 17.0 Å². The number of para-hydroxylation sites is 1. The number of hydrogen-bond acceptors (Lipinski definition) is 4. The van der Waals surface area contributed by atoms with Crippen LogP contribution in [0.2, 0.25) is 0 Å². The number of carbonyl (C=O) groups excluding carboxylic acids is 2. The Labute approximate surface area is 148 Å². The summed E-state index contributed by atoms with van der Waals surface area (Å²) in [5, 5.41) is 1.07. The molecular weight excluding hydrogens is 318 g/mol. The van der Waals surface area contributed by atoms with Gasteiger partial charge in [0.25, 0.3) is 0 Å². The molecule has 0 saturated heterocycles. The second kappa shape index (κ2) is 8.51. The Hall–Kier alpha value is -2.56. The zero-order valence-electron chi connectivity index (χ0n) is 15.2. The summed E-state index contributed by atoms with van der Waals surface area (Å²) < 4.78 is 12.0. The molecule has 2 rings (SSSR count). The highest BCUT2D eigenvalue weighted by Crippen LogP contribution is 2.27. The first-order chi connectivity index (χ1) is 11.9. The molecule has 0 N–H and O–H groups in total. The van der Waals surface area contributed by atoms with Crippen molar-refractivity contribution in [2.75, 3.05) is 13.7 Å². The molecule has 1 aromatic carbocycles. The Bertz CT molecular complexity index is 786. The van der Waals surface area contributed by atoms with Crippen molar-refractivity contribution >= 4 is 28.9 Å². The Morgan fingerprint density at radius 3 is 2.64 bits per heavy atom. The fourth-order valence-corrected chi connectivity index (χ4v) is 2.74. The van der Waals surface area contributed by atoms with Crippen LogP contribution in [0.15, 0.2) is 30.3 Å². The minimum absolute atomic E-state index is 0.251. The van der Waals surface area contributed by atoms with Gasteiger partial charge in [0.15, 0.2) is 0 Å². The van der Waals surface area contributed by atoms with Crippen molar-refractivity contribution in [2.24, 2.45) is 13.0 Å². The summed E-state index contributed by atoms with van der Waals surface area (Å²) in [7, 11) is 3.33. The van der Waals surface area contributed by atoms with E-state index in [9.17, 15) is 9.59 Å². The number of ether oxygens (including phenoxy) is 2. The fraction of sp³-hybridized carbons (Fsp3) is 0.400. The third kappa shape index (κ3) is 4.72. The molecule has 1 aromatic heterocycles. The van der Waals surface area contributed by atoms with Gasteiger partial charge in [-0.3, -0.25) is 4.79 Å². The molecule has 0 bridgehead atoms. The van der Waals surface area contributed by atoms with Crippen molar-refractivity contribution in [2.45, 2.75) is 26.7 Å². The molecule has 0 amide bonds. The van der Waals surface area contributed by atoms with Gasteiger partial charge in [-0.1, -0.05) is 32.0 Å². The Kier molecular flexibility index (Phi) is 6.39. The minimum atomic E-state index is -0.363. The normalized spacial score (nSPS) is 11.4. The van der Waals surface area contributed by atoms with E-state index in [-0.39, 0.29) is 11.9 Å². The van der Waals surface area contributed by atoms with Gasteiger partial charge in [0.05, 0.1) is 13.7 Å². The van der Waals surface area contributed by atoms with Crippen LogP contribution >= 0.6 is 0 Å². The van der Waals surface area contributed by atoms with Gasteiger partial charge < -0.3 is 14.0 Å². The molecule has 0 aliphatic rings. The third-order valence-corrected chi connectivity index (χ3v) is 4.00. The van der Waals surface area contributed by atoms with Crippen LogP contribution in [0.3, 0.4) is 0 Å². The van der Waals surface area contributed by atoms with E-state index in [1.807, 2.05) is 49.7 Å². The molecule has 0 unspecified atom stereocenters. The summed E-state index contributed by atoms with van der Waals surface area (Å²) in [4.78, 5) is 23.4. The first-order valence-electron chi connectivity index (χ1n) is 8.42. The number of fused-ring (bicyclic) bond motifs is 1. The van der Waals surface area contributed by atoms with Gasteiger partial charge in [0, 0.05) is 36.1 Å². The third-order valence-electron chi connectivity index (χ3n) is 4.00. The van der Waals surface area contributed by atoms with E-state index >= 15 is 0 Å². The van der Waals surface area contributed by atoms with Gasteiger partial charge >= 0.3 is 11.9 Å². The predicted octanol–water partition coefficient (Wildman–Crippen LogP) is 3.50. The molecule has 134 valence electrons. The average Bonchev–Trinajstić information content (AvgIpc) is 2.88. The quantitative estimate of drug-likeness (QED) is 0.570. The van der Waals surface area contributed by atoms with E-state index < -0.39 is 0 Å². The Morgan fingerprint density at radius 1 is 1.24 bits per heavy atom. The smallest absolute Gasteiger partial charge is 0.330 e. The summed E-state index contributed by atoms with van der Waals surface area (Å²) in [6.45, 7) is 4.38. The molecule has 0 aliphatic carbocycles. The van der Waals surface area contributed by atoms with E-state index in [0.29, 0.717) is 25.4 Å². The van der Waals surface area contributed by atoms with Crippen LogP contribution in [0.5, 0.6) is 0 Å². The zero-order valence-corrected chi connectivity index (χ0v) is 15.2. The minimum Gasteiger partial charge on any atom is -0.469 e. The molecule has 0 radical (unpaired) electrons. The molecule has 5 nitrogen and oxygen atoms in total. The molecule has 0 saturated carbocycles. The molecule has 0 aliphatic heterocycles. The fourth-order valence-electron chi connectivity index (χ4n) is 2.74. The second-order valence-corrected chi connectivity index (χ2v) is 6.37. The average molecular weight is 343 g/mol. The summed E-state index contributed by atoms with van der Waals surface area (Å²) in [6, 6.07) is 7.98. The molecule has 0 fully saturated rings. The van der Waals surface area contributed by atoms with Crippen LogP contribution in [0.4, 0.5) is 0 Å². The monoisotopic (exact) mass is 343 g/mol. The number of benzene rings is 1. The van der Waals surface area contributed by atoms with E-state index in [4.69, 9.17) is 9.47 Å². The molecule has 25 heavy (non-hydrogen) atoms. The number of hydrogen-bond donors (Lipinski definition) is 0. The maximum atomic E-state index is 11.9. The number of aryl methyl sites for hydroxylation is 2. The lowest BCUT2D eigenvalue weighted by atomic mass is 10.1. The molecule has 1 heterocycles. The van der Waals surface area contributed by atoms with E-state index in [1.165, 1.54) is 13.2 Å². The Morgan fingerprint density at radius 2 is 1.96 bits per heavy atom. The van der Waals surface area contributed by atoms with Crippen LogP contribution in [0, 0.1) is 5.92 Å². The van der Waals surface area contributed by atoms with Crippen molar-refractivity contribution in [1.29, 1.82) is 0 Å². The molecule has 0 spiro atoms. The van der Waals surface area contributed by atoms with Crippen molar-refractivity contribution in [1.82, 2.24) is 4.57 Å². The highest BCUT2D eigenvalue weighted by Gasteiger charge is 2.14. The molecule has 2 aromatic rings. The van der Waals surface area contributed by atoms with Gasteiger partial charge in [-0.05, 0) is 30.0 Å². The summed E-state index contributed by atoms with van der Waals surface area (Å²) in [6.07, 6.45) is 4.05. The van der Waals surface area contributed by atoms with Crippen molar-refractivity contribution < 1.29 is 19.1 Å². The summed E-state index contributed by atoms with van der Waals surface area (Å²) in [5.74, 6) is -0.317. The van der Waals surface area contributed by atoms with Gasteiger partial charge in [-0.15, -0.1) is 0 Å². The second-order valence-electron chi connectivity index (χ2n) is 6.37. The highest BCUT2D eigenvalue weighted by molar-refractivity contribution is 5.92. The topological polar surface area (TPSA) is 57.5 Å². The van der Waals surface area contributed by atoms with E-state index in [1.54, 1.807) is 6.08 Å². The summed E-state index contributed by atoms with van der Waals surface area (Å²) in [5.41, 5.74) is 2.97.